The molecule has 1 saturated heterocycles. The molecule has 29 heavy (non-hydrogen) atoms. The van der Waals surface area contributed by atoms with E-state index in [2.05, 4.69) is 5.10 Å². The van der Waals surface area contributed by atoms with Gasteiger partial charge in [-0.05, 0) is 32.8 Å². The van der Waals surface area contributed by atoms with E-state index in [4.69, 9.17) is 4.98 Å². The molecule has 1 fully saturated rings. The molecule has 150 valence electrons. The largest absolute Gasteiger partial charge is 0.481 e. The van der Waals surface area contributed by atoms with E-state index in [0.29, 0.717) is 41.7 Å². The standard InChI is InChI=1S/C22H24N4O3/c1-14(2)26-20-18(12-23-26)17(11-19(24-20)15-7-4-3-5-8-15)21(27)25-10-6-9-16(13-25)22(28)29/h3-5,7-8,11-12,14,16H,6,9-10,13H2,1-2H3,(H,28,29)/t16-/m0/s1. The smallest absolute Gasteiger partial charge is 0.308 e. The van der Waals surface area contributed by atoms with Gasteiger partial charge < -0.3 is 10.0 Å². The van der Waals surface area contributed by atoms with Crippen LogP contribution in [0.2, 0.25) is 0 Å². The summed E-state index contributed by atoms with van der Waals surface area (Å²) in [5.41, 5.74) is 2.81. The molecule has 0 saturated carbocycles. The number of aromatic nitrogens is 3. The van der Waals surface area contributed by atoms with E-state index in [1.54, 1.807) is 17.2 Å². The summed E-state index contributed by atoms with van der Waals surface area (Å²) in [7, 11) is 0. The summed E-state index contributed by atoms with van der Waals surface area (Å²) < 4.78 is 1.81. The van der Waals surface area contributed by atoms with Crippen molar-refractivity contribution in [2.45, 2.75) is 32.7 Å². The van der Waals surface area contributed by atoms with E-state index in [1.165, 1.54) is 0 Å². The highest BCUT2D eigenvalue weighted by Gasteiger charge is 2.30. The number of fused-ring (bicyclic) bond motifs is 1. The molecule has 2 aromatic heterocycles. The molecule has 1 N–H and O–H groups in total. The highest BCUT2D eigenvalue weighted by molar-refractivity contribution is 6.06. The number of nitrogens with zero attached hydrogens (tertiary/aromatic N) is 4. The Morgan fingerprint density at radius 2 is 1.97 bits per heavy atom. The summed E-state index contributed by atoms with van der Waals surface area (Å²) in [6.07, 6.45) is 2.97. The van der Waals surface area contributed by atoms with E-state index < -0.39 is 11.9 Å². The van der Waals surface area contributed by atoms with Crippen LogP contribution in [0.4, 0.5) is 0 Å². The number of hydrogen-bond acceptors (Lipinski definition) is 4. The second-order valence-corrected chi connectivity index (χ2v) is 7.77. The second-order valence-electron chi connectivity index (χ2n) is 7.77. The summed E-state index contributed by atoms with van der Waals surface area (Å²) in [5.74, 6) is -1.53. The highest BCUT2D eigenvalue weighted by atomic mass is 16.4. The van der Waals surface area contributed by atoms with Crippen LogP contribution < -0.4 is 0 Å². The molecular formula is C22H24N4O3. The van der Waals surface area contributed by atoms with Gasteiger partial charge in [-0.3, -0.25) is 9.59 Å². The summed E-state index contributed by atoms with van der Waals surface area (Å²) in [4.78, 5) is 31.3. The molecule has 1 aromatic carbocycles. The lowest BCUT2D eigenvalue weighted by molar-refractivity contribution is -0.143. The molecule has 1 aliphatic rings. The molecule has 0 aliphatic carbocycles. The lowest BCUT2D eigenvalue weighted by atomic mass is 9.97. The van der Waals surface area contributed by atoms with Gasteiger partial charge in [0.1, 0.15) is 0 Å². The topological polar surface area (TPSA) is 88.3 Å². The summed E-state index contributed by atoms with van der Waals surface area (Å²) in [6, 6.07) is 11.6. The maximum absolute atomic E-state index is 13.4. The molecule has 0 unspecified atom stereocenters. The van der Waals surface area contributed by atoms with E-state index in [-0.39, 0.29) is 18.5 Å². The molecular weight excluding hydrogens is 368 g/mol. The van der Waals surface area contributed by atoms with Crippen molar-refractivity contribution in [2.24, 2.45) is 5.92 Å². The predicted molar refractivity (Wildman–Crippen MR) is 110 cm³/mol. The Morgan fingerprint density at radius 1 is 1.21 bits per heavy atom. The van der Waals surface area contributed by atoms with Gasteiger partial charge in [0.25, 0.3) is 5.91 Å². The van der Waals surface area contributed by atoms with Crippen LogP contribution in [0.5, 0.6) is 0 Å². The molecule has 3 heterocycles. The number of amides is 1. The van der Waals surface area contributed by atoms with Crippen molar-refractivity contribution in [1.29, 1.82) is 0 Å². The molecule has 0 spiro atoms. The second kappa shape index (κ2) is 7.66. The van der Waals surface area contributed by atoms with E-state index in [0.717, 1.165) is 5.56 Å². The maximum atomic E-state index is 13.4. The molecule has 1 atom stereocenters. The van der Waals surface area contributed by atoms with Crippen LogP contribution in [-0.4, -0.2) is 49.7 Å². The van der Waals surface area contributed by atoms with Crippen LogP contribution in [0.15, 0.2) is 42.6 Å². The van der Waals surface area contributed by atoms with Crippen molar-refractivity contribution in [1.82, 2.24) is 19.7 Å². The minimum absolute atomic E-state index is 0.0975. The SMILES string of the molecule is CC(C)n1ncc2c(C(=O)N3CCC[C@H](C(=O)O)C3)cc(-c3ccccc3)nc21. The highest BCUT2D eigenvalue weighted by Crippen LogP contribution is 2.28. The molecule has 0 radical (unpaired) electrons. The van der Waals surface area contributed by atoms with Gasteiger partial charge in [0.05, 0.1) is 28.8 Å². The number of piperidine rings is 1. The first-order chi connectivity index (χ1) is 14.0. The number of carbonyl (C=O) groups is 2. The lowest BCUT2D eigenvalue weighted by Gasteiger charge is -2.31. The fourth-order valence-electron chi connectivity index (χ4n) is 3.86. The van der Waals surface area contributed by atoms with Crippen molar-refractivity contribution >= 4 is 22.9 Å². The van der Waals surface area contributed by atoms with Crippen molar-refractivity contribution in [2.75, 3.05) is 13.1 Å². The van der Waals surface area contributed by atoms with Gasteiger partial charge in [0.15, 0.2) is 5.65 Å². The van der Waals surface area contributed by atoms with Crippen molar-refractivity contribution < 1.29 is 14.7 Å². The number of carboxylic acids is 1. The quantitative estimate of drug-likeness (QED) is 0.733. The number of aliphatic carboxylic acids is 1. The minimum Gasteiger partial charge on any atom is -0.481 e. The Kier molecular flexibility index (Phi) is 5.05. The van der Waals surface area contributed by atoms with Gasteiger partial charge in [-0.15, -0.1) is 0 Å². The van der Waals surface area contributed by atoms with Crippen LogP contribution in [-0.2, 0) is 4.79 Å². The third-order valence-corrected chi connectivity index (χ3v) is 5.41. The van der Waals surface area contributed by atoms with Crippen LogP contribution in [0, 0.1) is 5.92 Å². The zero-order chi connectivity index (χ0) is 20.5. The zero-order valence-corrected chi connectivity index (χ0v) is 16.6. The van der Waals surface area contributed by atoms with Crippen LogP contribution in [0.3, 0.4) is 0 Å². The first-order valence-electron chi connectivity index (χ1n) is 9.91. The number of carbonyl (C=O) groups excluding carboxylic acids is 1. The lowest BCUT2D eigenvalue weighted by Crippen LogP contribution is -2.42. The Balaban J connectivity index is 1.82. The number of pyridine rings is 1. The third kappa shape index (κ3) is 3.60. The van der Waals surface area contributed by atoms with Gasteiger partial charge >= 0.3 is 5.97 Å². The van der Waals surface area contributed by atoms with E-state index in [9.17, 15) is 14.7 Å². The molecule has 7 heteroatoms. The Hall–Kier alpha value is -3.22. The molecule has 0 bridgehead atoms. The van der Waals surface area contributed by atoms with E-state index in [1.807, 2.05) is 48.9 Å². The normalized spacial score (nSPS) is 17.1. The fourth-order valence-corrected chi connectivity index (χ4v) is 3.86. The number of hydrogen-bond donors (Lipinski definition) is 1. The molecule has 3 aromatic rings. The molecule has 1 aliphatic heterocycles. The first kappa shape index (κ1) is 19.1. The van der Waals surface area contributed by atoms with Crippen molar-refractivity contribution in [3.63, 3.8) is 0 Å². The number of likely N-dealkylation sites (tertiary alicyclic amines) is 1. The first-order valence-corrected chi connectivity index (χ1v) is 9.91. The van der Waals surface area contributed by atoms with Crippen molar-refractivity contribution in [3.05, 3.63) is 48.2 Å². The summed E-state index contributed by atoms with van der Waals surface area (Å²) in [6.45, 7) is 4.84. The maximum Gasteiger partial charge on any atom is 0.308 e. The van der Waals surface area contributed by atoms with Gasteiger partial charge in [0.2, 0.25) is 0 Å². The zero-order valence-electron chi connectivity index (χ0n) is 16.6. The van der Waals surface area contributed by atoms with Gasteiger partial charge in [-0.25, -0.2) is 9.67 Å². The predicted octanol–water partition coefficient (Wildman–Crippen LogP) is 3.62. The average Bonchev–Trinajstić information content (AvgIpc) is 3.17. The molecule has 1 amide bonds. The average molecular weight is 392 g/mol. The third-order valence-electron chi connectivity index (χ3n) is 5.41. The Bertz CT molecular complexity index is 1060. The van der Waals surface area contributed by atoms with Crippen LogP contribution in [0.25, 0.3) is 22.3 Å². The summed E-state index contributed by atoms with van der Waals surface area (Å²) in [5, 5.41) is 14.5. The Morgan fingerprint density at radius 3 is 2.66 bits per heavy atom. The van der Waals surface area contributed by atoms with Crippen LogP contribution >= 0.6 is 0 Å². The Labute approximate surface area is 169 Å². The summed E-state index contributed by atoms with van der Waals surface area (Å²) >= 11 is 0. The van der Waals surface area contributed by atoms with Gasteiger partial charge in [-0.1, -0.05) is 30.3 Å². The number of carboxylic acid groups (broad SMARTS) is 1. The monoisotopic (exact) mass is 392 g/mol. The van der Waals surface area contributed by atoms with Crippen molar-refractivity contribution in [3.8, 4) is 11.3 Å². The van der Waals surface area contributed by atoms with Crippen LogP contribution in [0.1, 0.15) is 43.1 Å². The minimum atomic E-state index is -0.847. The molecule has 7 nitrogen and oxygen atoms in total. The van der Waals surface area contributed by atoms with Gasteiger partial charge in [0, 0.05) is 24.7 Å². The molecule has 4 rings (SSSR count). The number of rotatable bonds is 4. The number of benzene rings is 1. The van der Waals surface area contributed by atoms with Gasteiger partial charge in [-0.2, -0.15) is 5.10 Å². The van der Waals surface area contributed by atoms with E-state index >= 15 is 0 Å². The fraction of sp³-hybridized carbons (Fsp3) is 0.364.